The van der Waals surface area contributed by atoms with Gasteiger partial charge in [0, 0.05) is 5.41 Å². The molecule has 7 aliphatic carbocycles. The predicted molar refractivity (Wildman–Crippen MR) is 103 cm³/mol. The molecule has 5 atom stereocenters. The monoisotopic (exact) mass is 358 g/mol. The molecule has 0 N–H and O–H groups in total. The molecule has 2 nitrogen and oxygen atoms in total. The van der Waals surface area contributed by atoms with Crippen LogP contribution in [0.25, 0.3) is 0 Å². The molecule has 5 unspecified atom stereocenters. The molecular weight excluding hydrogens is 320 g/mol. The topological polar surface area (TPSA) is 26.3 Å². The molecule has 7 aliphatic rings. The van der Waals surface area contributed by atoms with Crippen LogP contribution in [-0.4, -0.2) is 11.6 Å². The highest BCUT2D eigenvalue weighted by Crippen LogP contribution is 2.77. The summed E-state index contributed by atoms with van der Waals surface area (Å²) in [6.07, 6.45) is 7.84. The standard InChI is InChI=1S/C24H38O2/c1-7-22(3,4)21(25)26-23(5,6)24-10-17-15-8-14-9-16(17)19(12-24)20(13(14)2)18(15)11-24/h13-20H,7-12H2,1-6H3. The van der Waals surface area contributed by atoms with Crippen LogP contribution in [0.5, 0.6) is 0 Å². The molecule has 0 aromatic rings. The van der Waals surface area contributed by atoms with Crippen LogP contribution in [-0.2, 0) is 9.53 Å². The summed E-state index contributed by atoms with van der Waals surface area (Å²) in [4.78, 5) is 12.9. The second-order valence-corrected chi connectivity index (χ2v) is 12.0. The summed E-state index contributed by atoms with van der Waals surface area (Å²) in [7, 11) is 0. The van der Waals surface area contributed by atoms with Crippen LogP contribution in [0.2, 0.25) is 0 Å². The third-order valence-electron chi connectivity index (χ3n) is 10.6. The molecule has 0 aromatic heterocycles. The second-order valence-electron chi connectivity index (χ2n) is 12.0. The van der Waals surface area contributed by atoms with Crippen molar-refractivity contribution in [3.63, 3.8) is 0 Å². The first kappa shape index (κ1) is 17.6. The number of esters is 1. The van der Waals surface area contributed by atoms with Gasteiger partial charge in [-0.05, 0) is 114 Å². The van der Waals surface area contributed by atoms with Gasteiger partial charge in [-0.3, -0.25) is 4.79 Å². The number of rotatable bonds is 4. The third kappa shape index (κ3) is 1.97. The van der Waals surface area contributed by atoms with Gasteiger partial charge in [0.1, 0.15) is 5.60 Å². The highest BCUT2D eigenvalue weighted by molar-refractivity contribution is 5.76. The van der Waals surface area contributed by atoms with Gasteiger partial charge in [0.25, 0.3) is 0 Å². The maximum absolute atomic E-state index is 12.9. The van der Waals surface area contributed by atoms with E-state index in [0.717, 1.165) is 53.8 Å². The minimum absolute atomic E-state index is 0.0121. The Bertz CT molecular complexity index is 608. The van der Waals surface area contributed by atoms with E-state index in [1.807, 2.05) is 13.8 Å². The van der Waals surface area contributed by atoms with E-state index in [9.17, 15) is 4.79 Å². The summed E-state index contributed by atoms with van der Waals surface area (Å²) in [5, 5.41) is 0. The highest BCUT2D eigenvalue weighted by atomic mass is 16.6. The normalized spacial score (nSPS) is 51.2. The van der Waals surface area contributed by atoms with Gasteiger partial charge in [-0.15, -0.1) is 0 Å². The van der Waals surface area contributed by atoms with Crippen LogP contribution in [0, 0.1) is 58.2 Å². The van der Waals surface area contributed by atoms with Gasteiger partial charge in [-0.2, -0.15) is 0 Å². The average Bonchev–Trinajstić information content (AvgIpc) is 2.59. The van der Waals surface area contributed by atoms with Crippen molar-refractivity contribution in [1.29, 1.82) is 0 Å². The van der Waals surface area contributed by atoms with Crippen molar-refractivity contribution in [2.45, 2.75) is 85.7 Å². The van der Waals surface area contributed by atoms with Crippen LogP contribution < -0.4 is 0 Å². The van der Waals surface area contributed by atoms with Gasteiger partial charge in [0.2, 0.25) is 0 Å². The van der Waals surface area contributed by atoms with E-state index in [1.165, 1.54) is 32.1 Å². The second kappa shape index (κ2) is 5.09. The Morgan fingerprint density at radius 1 is 0.962 bits per heavy atom. The number of hydrogen-bond donors (Lipinski definition) is 0. The van der Waals surface area contributed by atoms with E-state index in [1.54, 1.807) is 0 Å². The lowest BCUT2D eigenvalue weighted by atomic mass is 9.30. The lowest BCUT2D eigenvalue weighted by Crippen LogP contribution is -2.70. The summed E-state index contributed by atoms with van der Waals surface area (Å²) in [6.45, 7) is 13.2. The molecule has 0 aliphatic heterocycles. The lowest BCUT2D eigenvalue weighted by molar-refractivity contribution is -0.287. The van der Waals surface area contributed by atoms with Crippen LogP contribution >= 0.6 is 0 Å². The van der Waals surface area contributed by atoms with Crippen molar-refractivity contribution >= 4 is 5.97 Å². The molecule has 0 aromatic carbocycles. The average molecular weight is 359 g/mol. The molecule has 0 spiro atoms. The molecule has 7 fully saturated rings. The van der Waals surface area contributed by atoms with Gasteiger partial charge in [-0.25, -0.2) is 0 Å². The van der Waals surface area contributed by atoms with Crippen molar-refractivity contribution in [3.05, 3.63) is 0 Å². The lowest BCUT2D eigenvalue weighted by Gasteiger charge is -2.75. The molecule has 7 rings (SSSR count). The Hall–Kier alpha value is -0.530. The minimum atomic E-state index is -0.369. The van der Waals surface area contributed by atoms with Crippen molar-refractivity contribution in [2.24, 2.45) is 58.2 Å². The zero-order valence-corrected chi connectivity index (χ0v) is 17.7. The summed E-state index contributed by atoms with van der Waals surface area (Å²) in [6, 6.07) is 0. The van der Waals surface area contributed by atoms with E-state index in [0.29, 0.717) is 0 Å². The SMILES string of the molecule is CCC(C)(C)C(=O)OC(C)(C)C12CC3C4CC5CC3C(C1)C(C5C)C4C2. The Morgan fingerprint density at radius 3 is 2.04 bits per heavy atom. The molecule has 0 saturated heterocycles. The quantitative estimate of drug-likeness (QED) is 0.603. The van der Waals surface area contributed by atoms with Gasteiger partial charge in [-0.1, -0.05) is 13.8 Å². The number of ether oxygens (including phenoxy) is 1. The van der Waals surface area contributed by atoms with Crippen molar-refractivity contribution < 1.29 is 9.53 Å². The molecule has 0 heterocycles. The zero-order chi connectivity index (χ0) is 18.6. The number of carbonyl (C=O) groups is 1. The van der Waals surface area contributed by atoms with Crippen LogP contribution in [0.4, 0.5) is 0 Å². The Kier molecular flexibility index (Phi) is 3.44. The summed E-state index contributed by atoms with van der Waals surface area (Å²) in [5.41, 5.74) is -0.459. The maximum atomic E-state index is 12.9. The first-order chi connectivity index (χ1) is 12.1. The van der Waals surface area contributed by atoms with Crippen LogP contribution in [0.3, 0.4) is 0 Å². The highest BCUT2D eigenvalue weighted by Gasteiger charge is 2.71. The minimum Gasteiger partial charge on any atom is -0.459 e. The predicted octanol–water partition coefficient (Wildman–Crippen LogP) is 5.70. The Balaban J connectivity index is 1.46. The van der Waals surface area contributed by atoms with E-state index < -0.39 is 0 Å². The summed E-state index contributed by atoms with van der Waals surface area (Å²) >= 11 is 0. The third-order valence-corrected chi connectivity index (χ3v) is 10.6. The Labute approximate surface area is 159 Å². The first-order valence-electron chi connectivity index (χ1n) is 11.3. The molecule has 7 saturated carbocycles. The van der Waals surface area contributed by atoms with Crippen molar-refractivity contribution in [1.82, 2.24) is 0 Å². The van der Waals surface area contributed by atoms with E-state index in [-0.39, 0.29) is 22.4 Å². The Morgan fingerprint density at radius 2 is 1.50 bits per heavy atom. The van der Waals surface area contributed by atoms with Crippen LogP contribution in [0.15, 0.2) is 0 Å². The van der Waals surface area contributed by atoms with Gasteiger partial charge in [0.05, 0.1) is 5.41 Å². The fraction of sp³-hybridized carbons (Fsp3) is 0.958. The summed E-state index contributed by atoms with van der Waals surface area (Å²) in [5.74, 6) is 7.76. The molecule has 0 amide bonds. The summed E-state index contributed by atoms with van der Waals surface area (Å²) < 4.78 is 6.34. The molecule has 146 valence electrons. The maximum Gasteiger partial charge on any atom is 0.312 e. The first-order valence-corrected chi connectivity index (χ1v) is 11.3. The smallest absolute Gasteiger partial charge is 0.312 e. The molecular formula is C24H38O2. The molecule has 2 heteroatoms. The van der Waals surface area contributed by atoms with E-state index in [2.05, 4.69) is 27.7 Å². The molecule has 8 bridgehead atoms. The van der Waals surface area contributed by atoms with Crippen molar-refractivity contribution in [2.75, 3.05) is 0 Å². The van der Waals surface area contributed by atoms with E-state index >= 15 is 0 Å². The number of carbonyl (C=O) groups excluding carboxylic acids is 1. The fourth-order valence-electron chi connectivity index (χ4n) is 8.70. The molecule has 26 heavy (non-hydrogen) atoms. The van der Waals surface area contributed by atoms with Gasteiger partial charge >= 0.3 is 5.97 Å². The van der Waals surface area contributed by atoms with Crippen LogP contribution in [0.1, 0.15) is 80.1 Å². The van der Waals surface area contributed by atoms with Gasteiger partial charge < -0.3 is 4.74 Å². The molecule has 0 radical (unpaired) electrons. The van der Waals surface area contributed by atoms with Crippen molar-refractivity contribution in [3.8, 4) is 0 Å². The van der Waals surface area contributed by atoms with E-state index in [4.69, 9.17) is 4.74 Å². The number of hydrogen-bond acceptors (Lipinski definition) is 2. The largest absolute Gasteiger partial charge is 0.459 e. The van der Waals surface area contributed by atoms with Gasteiger partial charge in [0.15, 0.2) is 0 Å². The fourth-order valence-corrected chi connectivity index (χ4v) is 8.70. The zero-order valence-electron chi connectivity index (χ0n) is 17.7.